The van der Waals surface area contributed by atoms with Gasteiger partial charge in [0.15, 0.2) is 0 Å². The maximum absolute atomic E-state index is 13.0. The molecule has 3 aromatic rings. The standard InChI is InChI=1S/C25H22ClN3O4/c1-14(2)22(25(32)33)29-13-18-4-3-16(11-20(18)24(29)31)15-5-8-19(9-6-15)28-23(30)17-7-10-21(26)27-12-17/h3-12,14,22H,13H2,1-2H3,(H,28,30)(H,32,33). The van der Waals surface area contributed by atoms with E-state index in [9.17, 15) is 19.5 Å². The number of hydrogen-bond acceptors (Lipinski definition) is 4. The topological polar surface area (TPSA) is 99.6 Å². The van der Waals surface area contributed by atoms with Crippen LogP contribution in [0.4, 0.5) is 5.69 Å². The summed E-state index contributed by atoms with van der Waals surface area (Å²) in [7, 11) is 0. The molecule has 4 rings (SSSR count). The maximum atomic E-state index is 13.0. The van der Waals surface area contributed by atoms with Crippen LogP contribution in [0.5, 0.6) is 0 Å². The molecule has 8 heteroatoms. The second-order valence-electron chi connectivity index (χ2n) is 8.23. The zero-order valence-corrected chi connectivity index (χ0v) is 18.8. The number of halogens is 1. The third-order valence-corrected chi connectivity index (χ3v) is 5.85. The number of nitrogens with one attached hydrogen (secondary N) is 1. The first-order valence-corrected chi connectivity index (χ1v) is 10.8. The summed E-state index contributed by atoms with van der Waals surface area (Å²) < 4.78 is 0. The number of carbonyl (C=O) groups excluding carboxylic acids is 2. The number of carboxylic acids is 1. The smallest absolute Gasteiger partial charge is 0.326 e. The van der Waals surface area contributed by atoms with E-state index >= 15 is 0 Å². The molecule has 0 bridgehead atoms. The molecule has 1 aliphatic heterocycles. The van der Waals surface area contributed by atoms with Gasteiger partial charge in [0.1, 0.15) is 11.2 Å². The Hall–Kier alpha value is -3.71. The lowest BCUT2D eigenvalue weighted by molar-refractivity contribution is -0.144. The molecule has 0 saturated carbocycles. The highest BCUT2D eigenvalue weighted by atomic mass is 35.5. The molecule has 0 radical (unpaired) electrons. The van der Waals surface area contributed by atoms with Gasteiger partial charge < -0.3 is 15.3 Å². The van der Waals surface area contributed by atoms with E-state index in [0.29, 0.717) is 22.0 Å². The number of anilines is 1. The number of pyridine rings is 1. The third-order valence-electron chi connectivity index (χ3n) is 5.63. The normalized spacial score (nSPS) is 13.7. The largest absolute Gasteiger partial charge is 0.480 e. The van der Waals surface area contributed by atoms with E-state index in [1.165, 1.54) is 11.1 Å². The van der Waals surface area contributed by atoms with Crippen molar-refractivity contribution in [3.63, 3.8) is 0 Å². The molecular weight excluding hydrogens is 442 g/mol. The van der Waals surface area contributed by atoms with E-state index in [4.69, 9.17) is 11.6 Å². The van der Waals surface area contributed by atoms with Gasteiger partial charge in [-0.05, 0) is 52.9 Å². The molecule has 1 aromatic heterocycles. The van der Waals surface area contributed by atoms with Gasteiger partial charge in [0.05, 0.1) is 5.56 Å². The number of fused-ring (bicyclic) bond motifs is 1. The number of carbonyl (C=O) groups is 3. The van der Waals surface area contributed by atoms with Crippen molar-refractivity contribution in [3.8, 4) is 11.1 Å². The van der Waals surface area contributed by atoms with Crippen molar-refractivity contribution in [3.05, 3.63) is 82.6 Å². The van der Waals surface area contributed by atoms with E-state index in [1.54, 1.807) is 44.2 Å². The van der Waals surface area contributed by atoms with E-state index in [2.05, 4.69) is 10.3 Å². The maximum Gasteiger partial charge on any atom is 0.326 e. The molecule has 1 aliphatic rings. The van der Waals surface area contributed by atoms with Gasteiger partial charge in [-0.25, -0.2) is 9.78 Å². The van der Waals surface area contributed by atoms with Crippen LogP contribution in [0.3, 0.4) is 0 Å². The number of nitrogens with zero attached hydrogens (tertiary/aromatic N) is 2. The molecular formula is C25H22ClN3O4. The van der Waals surface area contributed by atoms with Crippen LogP contribution < -0.4 is 5.32 Å². The van der Waals surface area contributed by atoms with Gasteiger partial charge in [-0.1, -0.05) is 49.7 Å². The summed E-state index contributed by atoms with van der Waals surface area (Å²) in [6.45, 7) is 3.88. The second-order valence-corrected chi connectivity index (χ2v) is 8.62. The molecule has 1 atom stereocenters. The Morgan fingerprint density at radius 3 is 2.36 bits per heavy atom. The first-order valence-electron chi connectivity index (χ1n) is 10.4. The number of carboxylic acid groups (broad SMARTS) is 1. The zero-order chi connectivity index (χ0) is 23.7. The minimum atomic E-state index is -1.00. The summed E-state index contributed by atoms with van der Waals surface area (Å²) >= 11 is 5.75. The van der Waals surface area contributed by atoms with E-state index in [0.717, 1.165) is 16.7 Å². The van der Waals surface area contributed by atoms with Crippen LogP contribution in [-0.2, 0) is 11.3 Å². The Labute approximate surface area is 196 Å². The van der Waals surface area contributed by atoms with Crippen LogP contribution >= 0.6 is 11.6 Å². The zero-order valence-electron chi connectivity index (χ0n) is 18.1. The van der Waals surface area contributed by atoms with Gasteiger partial charge in [-0.15, -0.1) is 0 Å². The average Bonchev–Trinajstić information content (AvgIpc) is 3.09. The summed E-state index contributed by atoms with van der Waals surface area (Å²) in [6, 6.07) is 15.1. The van der Waals surface area contributed by atoms with Crippen molar-refractivity contribution < 1.29 is 19.5 Å². The van der Waals surface area contributed by atoms with Crippen molar-refractivity contribution in [1.82, 2.24) is 9.88 Å². The lowest BCUT2D eigenvalue weighted by atomic mass is 10.00. The molecule has 168 valence electrons. The van der Waals surface area contributed by atoms with Crippen LogP contribution in [0.2, 0.25) is 5.15 Å². The van der Waals surface area contributed by atoms with Crippen molar-refractivity contribution >= 4 is 35.1 Å². The molecule has 0 fully saturated rings. The van der Waals surface area contributed by atoms with Gasteiger partial charge in [-0.2, -0.15) is 0 Å². The van der Waals surface area contributed by atoms with Crippen LogP contribution in [0.15, 0.2) is 60.8 Å². The summed E-state index contributed by atoms with van der Waals surface area (Å²) in [5.41, 5.74) is 4.05. The number of amides is 2. The van der Waals surface area contributed by atoms with Gasteiger partial charge in [0.2, 0.25) is 0 Å². The van der Waals surface area contributed by atoms with E-state index in [1.807, 2.05) is 24.3 Å². The summed E-state index contributed by atoms with van der Waals surface area (Å²) in [5, 5.41) is 12.7. The van der Waals surface area contributed by atoms with Crippen LogP contribution in [0, 0.1) is 5.92 Å². The number of hydrogen-bond donors (Lipinski definition) is 2. The summed E-state index contributed by atoms with van der Waals surface area (Å²) in [6.07, 6.45) is 1.41. The van der Waals surface area contributed by atoms with E-state index in [-0.39, 0.29) is 24.3 Å². The number of benzene rings is 2. The fraction of sp³-hybridized carbons (Fsp3) is 0.200. The van der Waals surface area contributed by atoms with Gasteiger partial charge in [-0.3, -0.25) is 9.59 Å². The Balaban J connectivity index is 1.51. The minimum absolute atomic E-state index is 0.202. The summed E-state index contributed by atoms with van der Waals surface area (Å²) in [5.74, 6) is -1.77. The predicted octanol–water partition coefficient (Wildman–Crippen LogP) is 4.72. The van der Waals surface area contributed by atoms with Crippen molar-refractivity contribution in [2.45, 2.75) is 26.4 Å². The predicted molar refractivity (Wildman–Crippen MR) is 125 cm³/mol. The molecule has 2 aromatic carbocycles. The van der Waals surface area contributed by atoms with Crippen molar-refractivity contribution in [2.75, 3.05) is 5.32 Å². The number of aromatic nitrogens is 1. The lowest BCUT2D eigenvalue weighted by Gasteiger charge is -2.27. The highest BCUT2D eigenvalue weighted by Crippen LogP contribution is 2.31. The van der Waals surface area contributed by atoms with Crippen LogP contribution in [-0.4, -0.2) is 38.8 Å². The third kappa shape index (κ3) is 4.59. The van der Waals surface area contributed by atoms with Gasteiger partial charge >= 0.3 is 5.97 Å². The molecule has 2 heterocycles. The number of aliphatic carboxylic acids is 1. The molecule has 0 spiro atoms. The Morgan fingerprint density at radius 1 is 1.06 bits per heavy atom. The summed E-state index contributed by atoms with van der Waals surface area (Å²) in [4.78, 5) is 42.3. The first kappa shape index (κ1) is 22.5. The Kier molecular flexibility index (Phi) is 6.16. The molecule has 0 aliphatic carbocycles. The van der Waals surface area contributed by atoms with Crippen molar-refractivity contribution in [2.24, 2.45) is 5.92 Å². The van der Waals surface area contributed by atoms with Gasteiger partial charge in [0, 0.05) is 24.0 Å². The molecule has 33 heavy (non-hydrogen) atoms. The fourth-order valence-electron chi connectivity index (χ4n) is 3.97. The molecule has 1 unspecified atom stereocenters. The quantitative estimate of drug-likeness (QED) is 0.515. The van der Waals surface area contributed by atoms with Crippen LogP contribution in [0.1, 0.15) is 40.1 Å². The highest BCUT2D eigenvalue weighted by Gasteiger charge is 2.38. The average molecular weight is 464 g/mol. The lowest BCUT2D eigenvalue weighted by Crippen LogP contribution is -2.44. The number of rotatable bonds is 6. The molecule has 7 nitrogen and oxygen atoms in total. The second kappa shape index (κ2) is 9.03. The Bertz CT molecular complexity index is 1220. The molecule has 2 amide bonds. The monoisotopic (exact) mass is 463 g/mol. The Morgan fingerprint density at radius 2 is 1.76 bits per heavy atom. The van der Waals surface area contributed by atoms with Gasteiger partial charge in [0.25, 0.3) is 11.8 Å². The minimum Gasteiger partial charge on any atom is -0.480 e. The fourth-order valence-corrected chi connectivity index (χ4v) is 4.08. The van der Waals surface area contributed by atoms with E-state index < -0.39 is 12.0 Å². The first-order chi connectivity index (χ1) is 15.7. The SMILES string of the molecule is CC(C)C(C(=O)O)N1Cc2ccc(-c3ccc(NC(=O)c4ccc(Cl)nc4)cc3)cc2C1=O. The van der Waals surface area contributed by atoms with Crippen molar-refractivity contribution in [1.29, 1.82) is 0 Å². The molecule has 2 N–H and O–H groups in total. The highest BCUT2D eigenvalue weighted by molar-refractivity contribution is 6.29. The molecule has 0 saturated heterocycles. The van der Waals surface area contributed by atoms with Crippen LogP contribution in [0.25, 0.3) is 11.1 Å².